The minimum absolute atomic E-state index is 0.342. The third kappa shape index (κ3) is 2.05. The quantitative estimate of drug-likeness (QED) is 0.669. The molecule has 0 fully saturated rings. The standard InChI is InChI=1S/C16H14N2O2/c1-11-4-3-5-12(8-11)15-17-10-14-9-13(16(19)20-2)6-7-18(14)15/h3-10H,1-2H3. The molecule has 3 rings (SSSR count). The lowest BCUT2D eigenvalue weighted by atomic mass is 10.1. The lowest BCUT2D eigenvalue weighted by molar-refractivity contribution is 0.0600. The van der Waals surface area contributed by atoms with E-state index in [1.807, 2.05) is 22.7 Å². The summed E-state index contributed by atoms with van der Waals surface area (Å²) in [5.41, 5.74) is 3.63. The first kappa shape index (κ1) is 12.4. The van der Waals surface area contributed by atoms with Gasteiger partial charge in [-0.3, -0.25) is 4.40 Å². The van der Waals surface area contributed by atoms with Gasteiger partial charge in [0.1, 0.15) is 5.82 Å². The number of methoxy groups -OCH3 is 1. The maximum Gasteiger partial charge on any atom is 0.337 e. The Morgan fingerprint density at radius 3 is 2.85 bits per heavy atom. The van der Waals surface area contributed by atoms with Gasteiger partial charge in [-0.1, -0.05) is 23.8 Å². The molecule has 0 unspecified atom stereocenters. The molecule has 0 aliphatic carbocycles. The number of rotatable bonds is 2. The van der Waals surface area contributed by atoms with Crippen LogP contribution in [0, 0.1) is 6.92 Å². The molecule has 4 heteroatoms. The molecular weight excluding hydrogens is 252 g/mol. The van der Waals surface area contributed by atoms with Gasteiger partial charge >= 0.3 is 5.97 Å². The first-order chi connectivity index (χ1) is 9.69. The van der Waals surface area contributed by atoms with E-state index in [-0.39, 0.29) is 5.97 Å². The number of pyridine rings is 1. The van der Waals surface area contributed by atoms with Crippen molar-refractivity contribution in [2.24, 2.45) is 0 Å². The molecule has 2 heterocycles. The zero-order valence-electron chi connectivity index (χ0n) is 11.3. The van der Waals surface area contributed by atoms with Crippen LogP contribution in [0.25, 0.3) is 16.9 Å². The Morgan fingerprint density at radius 2 is 2.10 bits per heavy atom. The van der Waals surface area contributed by atoms with Crippen LogP contribution in [0.1, 0.15) is 15.9 Å². The van der Waals surface area contributed by atoms with Crippen molar-refractivity contribution in [3.63, 3.8) is 0 Å². The van der Waals surface area contributed by atoms with Gasteiger partial charge in [0, 0.05) is 11.8 Å². The second kappa shape index (κ2) is 4.81. The van der Waals surface area contributed by atoms with Crippen molar-refractivity contribution >= 4 is 11.5 Å². The topological polar surface area (TPSA) is 43.6 Å². The highest BCUT2D eigenvalue weighted by Gasteiger charge is 2.10. The minimum Gasteiger partial charge on any atom is -0.465 e. The number of aromatic nitrogens is 2. The molecule has 0 atom stereocenters. The maximum atomic E-state index is 11.5. The van der Waals surface area contributed by atoms with E-state index in [1.165, 1.54) is 12.7 Å². The zero-order valence-corrected chi connectivity index (χ0v) is 11.3. The summed E-state index contributed by atoms with van der Waals surface area (Å²) in [6.45, 7) is 2.05. The molecule has 0 saturated carbocycles. The van der Waals surface area contributed by atoms with Crippen LogP contribution in [-0.2, 0) is 4.74 Å². The molecule has 0 bridgehead atoms. The Balaban J connectivity index is 2.13. The molecule has 2 aromatic heterocycles. The van der Waals surface area contributed by atoms with E-state index >= 15 is 0 Å². The fraction of sp³-hybridized carbons (Fsp3) is 0.125. The lowest BCUT2D eigenvalue weighted by Crippen LogP contribution is -2.01. The molecule has 0 spiro atoms. The van der Waals surface area contributed by atoms with Gasteiger partial charge in [0.05, 0.1) is 24.4 Å². The Bertz CT molecular complexity index is 790. The Morgan fingerprint density at radius 1 is 1.25 bits per heavy atom. The normalized spacial score (nSPS) is 10.7. The summed E-state index contributed by atoms with van der Waals surface area (Å²) in [5.74, 6) is 0.519. The number of hydrogen-bond donors (Lipinski definition) is 0. The van der Waals surface area contributed by atoms with E-state index < -0.39 is 0 Å². The highest BCUT2D eigenvalue weighted by Crippen LogP contribution is 2.21. The molecule has 0 saturated heterocycles. The lowest BCUT2D eigenvalue weighted by Gasteiger charge is -2.04. The average molecular weight is 266 g/mol. The Labute approximate surface area is 116 Å². The molecular formula is C16H14N2O2. The van der Waals surface area contributed by atoms with Crippen molar-refractivity contribution in [2.75, 3.05) is 7.11 Å². The SMILES string of the molecule is COC(=O)c1ccn2c(-c3cccc(C)c3)ncc2c1. The van der Waals surface area contributed by atoms with Crippen LogP contribution in [-0.4, -0.2) is 22.5 Å². The number of nitrogens with zero attached hydrogens (tertiary/aromatic N) is 2. The van der Waals surface area contributed by atoms with Crippen molar-refractivity contribution in [3.05, 3.63) is 59.9 Å². The van der Waals surface area contributed by atoms with E-state index in [0.717, 1.165) is 16.9 Å². The van der Waals surface area contributed by atoms with Crippen molar-refractivity contribution < 1.29 is 9.53 Å². The van der Waals surface area contributed by atoms with Gasteiger partial charge < -0.3 is 4.74 Å². The van der Waals surface area contributed by atoms with Crippen LogP contribution in [0.3, 0.4) is 0 Å². The van der Waals surface area contributed by atoms with Crippen LogP contribution in [0.5, 0.6) is 0 Å². The first-order valence-electron chi connectivity index (χ1n) is 6.31. The molecule has 4 nitrogen and oxygen atoms in total. The average Bonchev–Trinajstić information content (AvgIpc) is 2.89. The van der Waals surface area contributed by atoms with Crippen molar-refractivity contribution in [1.82, 2.24) is 9.38 Å². The fourth-order valence-electron chi connectivity index (χ4n) is 2.24. The first-order valence-corrected chi connectivity index (χ1v) is 6.31. The van der Waals surface area contributed by atoms with Gasteiger partial charge in [-0.2, -0.15) is 0 Å². The summed E-state index contributed by atoms with van der Waals surface area (Å²) >= 11 is 0. The Hall–Kier alpha value is -2.62. The van der Waals surface area contributed by atoms with E-state index in [0.29, 0.717) is 5.56 Å². The predicted molar refractivity (Wildman–Crippen MR) is 76.7 cm³/mol. The third-order valence-electron chi connectivity index (χ3n) is 3.23. The molecule has 20 heavy (non-hydrogen) atoms. The van der Waals surface area contributed by atoms with Crippen LogP contribution in [0.4, 0.5) is 0 Å². The third-order valence-corrected chi connectivity index (χ3v) is 3.23. The van der Waals surface area contributed by atoms with E-state index in [1.54, 1.807) is 18.3 Å². The number of carbonyl (C=O) groups is 1. The monoisotopic (exact) mass is 266 g/mol. The summed E-state index contributed by atoms with van der Waals surface area (Å²) in [6, 6.07) is 11.7. The van der Waals surface area contributed by atoms with E-state index in [2.05, 4.69) is 24.0 Å². The van der Waals surface area contributed by atoms with Crippen LogP contribution >= 0.6 is 0 Å². The number of esters is 1. The molecule has 0 aliphatic rings. The van der Waals surface area contributed by atoms with Crippen molar-refractivity contribution in [2.45, 2.75) is 6.92 Å². The number of ether oxygens (including phenoxy) is 1. The van der Waals surface area contributed by atoms with Crippen LogP contribution < -0.4 is 0 Å². The summed E-state index contributed by atoms with van der Waals surface area (Å²) in [7, 11) is 1.38. The van der Waals surface area contributed by atoms with Crippen molar-refractivity contribution in [3.8, 4) is 11.4 Å². The van der Waals surface area contributed by atoms with Crippen LogP contribution in [0.2, 0.25) is 0 Å². The summed E-state index contributed by atoms with van der Waals surface area (Å²) in [4.78, 5) is 16.0. The number of carbonyl (C=O) groups excluding carboxylic acids is 1. The summed E-state index contributed by atoms with van der Waals surface area (Å²) in [5, 5.41) is 0. The second-order valence-corrected chi connectivity index (χ2v) is 4.65. The number of hydrogen-bond acceptors (Lipinski definition) is 3. The van der Waals surface area contributed by atoms with Gasteiger partial charge in [0.2, 0.25) is 0 Å². The summed E-state index contributed by atoms with van der Waals surface area (Å²) in [6.07, 6.45) is 3.59. The molecule has 0 N–H and O–H groups in total. The van der Waals surface area contributed by atoms with Gasteiger partial charge in [-0.05, 0) is 25.1 Å². The minimum atomic E-state index is -0.342. The van der Waals surface area contributed by atoms with E-state index in [4.69, 9.17) is 4.74 Å². The molecule has 100 valence electrons. The van der Waals surface area contributed by atoms with Gasteiger partial charge in [-0.15, -0.1) is 0 Å². The highest BCUT2D eigenvalue weighted by atomic mass is 16.5. The second-order valence-electron chi connectivity index (χ2n) is 4.65. The molecule has 0 aliphatic heterocycles. The number of aryl methyl sites for hydroxylation is 1. The molecule has 3 aromatic rings. The van der Waals surface area contributed by atoms with Gasteiger partial charge in [-0.25, -0.2) is 9.78 Å². The predicted octanol–water partition coefficient (Wildman–Crippen LogP) is 3.10. The van der Waals surface area contributed by atoms with Crippen LogP contribution in [0.15, 0.2) is 48.8 Å². The van der Waals surface area contributed by atoms with Gasteiger partial charge in [0.15, 0.2) is 0 Å². The van der Waals surface area contributed by atoms with Crippen molar-refractivity contribution in [1.29, 1.82) is 0 Å². The fourth-order valence-corrected chi connectivity index (χ4v) is 2.24. The highest BCUT2D eigenvalue weighted by molar-refractivity contribution is 5.90. The number of imidazole rings is 1. The molecule has 1 aromatic carbocycles. The molecule has 0 amide bonds. The number of benzene rings is 1. The maximum absolute atomic E-state index is 11.5. The van der Waals surface area contributed by atoms with Gasteiger partial charge in [0.25, 0.3) is 0 Å². The zero-order chi connectivity index (χ0) is 14.1. The largest absolute Gasteiger partial charge is 0.465 e. The van der Waals surface area contributed by atoms with E-state index in [9.17, 15) is 4.79 Å². The molecule has 0 radical (unpaired) electrons. The smallest absolute Gasteiger partial charge is 0.337 e. The number of fused-ring (bicyclic) bond motifs is 1. The Kier molecular flexibility index (Phi) is 2.99. The summed E-state index contributed by atoms with van der Waals surface area (Å²) < 4.78 is 6.68.